The van der Waals surface area contributed by atoms with Gasteiger partial charge < -0.3 is 5.32 Å². The van der Waals surface area contributed by atoms with Gasteiger partial charge in [0.2, 0.25) is 0 Å². The summed E-state index contributed by atoms with van der Waals surface area (Å²) >= 11 is 3.58. The van der Waals surface area contributed by atoms with Crippen molar-refractivity contribution in [2.24, 2.45) is 5.92 Å². The molecule has 1 aromatic carbocycles. The third-order valence-corrected chi connectivity index (χ3v) is 3.78. The molecule has 0 atom stereocenters. The molecule has 2 rings (SSSR count). The molecule has 1 heterocycles. The van der Waals surface area contributed by atoms with Crippen LogP contribution in [0.1, 0.15) is 30.9 Å². The van der Waals surface area contributed by atoms with Crippen molar-refractivity contribution in [1.29, 1.82) is 0 Å². The van der Waals surface area contributed by atoms with E-state index in [-0.39, 0.29) is 0 Å². The zero-order valence-electron chi connectivity index (χ0n) is 12.2. The molecule has 1 aromatic heterocycles. The van der Waals surface area contributed by atoms with E-state index in [1.54, 1.807) is 0 Å². The first kappa shape index (κ1) is 15.0. The minimum absolute atomic E-state index is 0.589. The van der Waals surface area contributed by atoms with Gasteiger partial charge in [0, 0.05) is 29.7 Å². The summed E-state index contributed by atoms with van der Waals surface area (Å²) < 4.78 is 1.10. The van der Waals surface area contributed by atoms with Gasteiger partial charge in [0.1, 0.15) is 11.6 Å². The summed E-state index contributed by atoms with van der Waals surface area (Å²) in [4.78, 5) is 9.24. The molecule has 4 heteroatoms. The molecule has 0 spiro atoms. The summed E-state index contributed by atoms with van der Waals surface area (Å²) in [5.74, 6) is 2.34. The lowest BCUT2D eigenvalue weighted by Gasteiger charge is -2.10. The van der Waals surface area contributed by atoms with Crippen LogP contribution in [0.25, 0.3) is 0 Å². The van der Waals surface area contributed by atoms with Crippen molar-refractivity contribution in [1.82, 2.24) is 9.97 Å². The smallest absolute Gasteiger partial charge is 0.135 e. The molecule has 0 bridgehead atoms. The van der Waals surface area contributed by atoms with Gasteiger partial charge in [-0.1, -0.05) is 48.0 Å². The van der Waals surface area contributed by atoms with Gasteiger partial charge in [-0.2, -0.15) is 0 Å². The van der Waals surface area contributed by atoms with Crippen LogP contribution < -0.4 is 5.32 Å². The number of benzene rings is 1. The lowest BCUT2D eigenvalue weighted by molar-refractivity contribution is 0.631. The molecule has 106 valence electrons. The van der Waals surface area contributed by atoms with Gasteiger partial charge in [-0.25, -0.2) is 9.97 Å². The zero-order chi connectivity index (χ0) is 14.5. The average molecular weight is 334 g/mol. The van der Waals surface area contributed by atoms with Crippen LogP contribution in [0.3, 0.4) is 0 Å². The van der Waals surface area contributed by atoms with E-state index in [1.165, 1.54) is 5.56 Å². The topological polar surface area (TPSA) is 37.8 Å². The SMILES string of the molecule is CNc1cc(CC(C)C)nc(Cc2ccccc2Br)n1. The van der Waals surface area contributed by atoms with Crippen LogP contribution in [0.4, 0.5) is 5.82 Å². The van der Waals surface area contributed by atoms with Gasteiger partial charge in [-0.05, 0) is 24.0 Å². The predicted molar refractivity (Wildman–Crippen MR) is 87.1 cm³/mol. The van der Waals surface area contributed by atoms with Gasteiger partial charge in [0.05, 0.1) is 0 Å². The maximum Gasteiger partial charge on any atom is 0.135 e. The standard InChI is InChI=1S/C16H20BrN3/c1-11(2)8-13-10-15(18-3)20-16(19-13)9-12-6-4-5-7-14(12)17/h4-7,10-11H,8-9H2,1-3H3,(H,18,19,20). The van der Waals surface area contributed by atoms with E-state index in [9.17, 15) is 0 Å². The van der Waals surface area contributed by atoms with E-state index >= 15 is 0 Å². The fourth-order valence-electron chi connectivity index (χ4n) is 2.09. The van der Waals surface area contributed by atoms with Gasteiger partial charge in [0.25, 0.3) is 0 Å². The highest BCUT2D eigenvalue weighted by Gasteiger charge is 2.08. The van der Waals surface area contributed by atoms with Gasteiger partial charge in [0.15, 0.2) is 0 Å². The van der Waals surface area contributed by atoms with Crippen LogP contribution >= 0.6 is 15.9 Å². The Kier molecular flexibility index (Phi) is 5.12. The average Bonchev–Trinajstić information content (AvgIpc) is 2.40. The van der Waals surface area contributed by atoms with Crippen molar-refractivity contribution in [2.75, 3.05) is 12.4 Å². The van der Waals surface area contributed by atoms with Crippen LogP contribution in [-0.2, 0) is 12.8 Å². The fraction of sp³-hybridized carbons (Fsp3) is 0.375. The van der Waals surface area contributed by atoms with E-state index in [0.717, 1.165) is 34.7 Å². The number of hydrogen-bond donors (Lipinski definition) is 1. The molecule has 3 nitrogen and oxygen atoms in total. The van der Waals surface area contributed by atoms with Crippen molar-refractivity contribution in [3.05, 3.63) is 51.9 Å². The Labute approximate surface area is 129 Å². The van der Waals surface area contributed by atoms with Gasteiger partial charge in [-0.15, -0.1) is 0 Å². The first-order chi connectivity index (χ1) is 9.58. The second-order valence-corrected chi connectivity index (χ2v) is 6.13. The lowest BCUT2D eigenvalue weighted by atomic mass is 10.1. The third-order valence-electron chi connectivity index (χ3n) is 3.01. The Morgan fingerprint density at radius 2 is 1.95 bits per heavy atom. The number of anilines is 1. The normalized spacial score (nSPS) is 10.8. The minimum Gasteiger partial charge on any atom is -0.373 e. The second kappa shape index (κ2) is 6.84. The molecule has 0 saturated heterocycles. The number of halogens is 1. The van der Waals surface area contributed by atoms with Crippen LogP contribution in [0, 0.1) is 5.92 Å². The van der Waals surface area contributed by atoms with E-state index < -0.39 is 0 Å². The van der Waals surface area contributed by atoms with Crippen LogP contribution in [-0.4, -0.2) is 17.0 Å². The molecule has 0 unspecified atom stereocenters. The Morgan fingerprint density at radius 1 is 1.20 bits per heavy atom. The van der Waals surface area contributed by atoms with E-state index in [1.807, 2.05) is 31.3 Å². The van der Waals surface area contributed by atoms with Crippen LogP contribution in [0.5, 0.6) is 0 Å². The Morgan fingerprint density at radius 3 is 2.60 bits per heavy atom. The highest BCUT2D eigenvalue weighted by Crippen LogP contribution is 2.19. The van der Waals surface area contributed by atoms with Crippen molar-refractivity contribution in [2.45, 2.75) is 26.7 Å². The first-order valence-electron chi connectivity index (χ1n) is 6.86. The Hall–Kier alpha value is -1.42. The van der Waals surface area contributed by atoms with Gasteiger partial charge in [-0.3, -0.25) is 0 Å². The van der Waals surface area contributed by atoms with Crippen molar-refractivity contribution in [3.63, 3.8) is 0 Å². The van der Waals surface area contributed by atoms with Crippen molar-refractivity contribution in [3.8, 4) is 0 Å². The fourth-order valence-corrected chi connectivity index (χ4v) is 2.52. The summed E-state index contributed by atoms with van der Waals surface area (Å²) in [6, 6.07) is 10.2. The predicted octanol–water partition coefficient (Wildman–Crippen LogP) is 4.07. The van der Waals surface area contributed by atoms with E-state index in [2.05, 4.69) is 51.1 Å². The molecule has 1 N–H and O–H groups in total. The summed E-state index contributed by atoms with van der Waals surface area (Å²) in [5.41, 5.74) is 2.30. The number of nitrogens with zero attached hydrogens (tertiary/aromatic N) is 2. The molecule has 0 aliphatic carbocycles. The Bertz CT molecular complexity index is 582. The van der Waals surface area contributed by atoms with Crippen molar-refractivity contribution >= 4 is 21.7 Å². The maximum atomic E-state index is 4.69. The molecule has 0 amide bonds. The molecule has 0 saturated carbocycles. The lowest BCUT2D eigenvalue weighted by Crippen LogP contribution is -2.06. The molecule has 0 radical (unpaired) electrons. The van der Waals surface area contributed by atoms with Crippen LogP contribution in [0.2, 0.25) is 0 Å². The van der Waals surface area contributed by atoms with E-state index in [4.69, 9.17) is 0 Å². The van der Waals surface area contributed by atoms with Gasteiger partial charge >= 0.3 is 0 Å². The minimum atomic E-state index is 0.589. The highest BCUT2D eigenvalue weighted by atomic mass is 79.9. The largest absolute Gasteiger partial charge is 0.373 e. The first-order valence-corrected chi connectivity index (χ1v) is 7.65. The molecular weight excluding hydrogens is 314 g/mol. The second-order valence-electron chi connectivity index (χ2n) is 5.28. The van der Waals surface area contributed by atoms with Crippen molar-refractivity contribution < 1.29 is 0 Å². The van der Waals surface area contributed by atoms with E-state index in [0.29, 0.717) is 5.92 Å². The molecule has 0 fully saturated rings. The number of rotatable bonds is 5. The maximum absolute atomic E-state index is 4.69. The molecular formula is C16H20BrN3. The zero-order valence-corrected chi connectivity index (χ0v) is 13.7. The number of aromatic nitrogens is 2. The number of hydrogen-bond acceptors (Lipinski definition) is 3. The quantitative estimate of drug-likeness (QED) is 0.896. The summed E-state index contributed by atoms with van der Waals surface area (Å²) in [7, 11) is 1.89. The molecule has 2 aromatic rings. The van der Waals surface area contributed by atoms with Crippen LogP contribution in [0.15, 0.2) is 34.8 Å². The monoisotopic (exact) mass is 333 g/mol. The summed E-state index contributed by atoms with van der Waals surface area (Å²) in [6.45, 7) is 4.41. The molecule has 0 aliphatic heterocycles. The molecule has 0 aliphatic rings. The number of nitrogens with one attached hydrogen (secondary N) is 1. The Balaban J connectivity index is 2.29. The highest BCUT2D eigenvalue weighted by molar-refractivity contribution is 9.10. The molecule has 20 heavy (non-hydrogen) atoms. The summed E-state index contributed by atoms with van der Waals surface area (Å²) in [5, 5.41) is 3.12. The third kappa shape index (κ3) is 4.04. The summed E-state index contributed by atoms with van der Waals surface area (Å²) in [6.07, 6.45) is 1.71.